The van der Waals surface area contributed by atoms with E-state index in [4.69, 9.17) is 10.5 Å². The van der Waals surface area contributed by atoms with Gasteiger partial charge in [-0.2, -0.15) is 0 Å². The Hall–Kier alpha value is -2.12. The monoisotopic (exact) mass is 341 g/mol. The summed E-state index contributed by atoms with van der Waals surface area (Å²) < 4.78 is 5.15. The zero-order chi connectivity index (χ0) is 15.9. The van der Waals surface area contributed by atoms with Crippen LogP contribution in [0, 0.1) is 0 Å². The summed E-state index contributed by atoms with van der Waals surface area (Å²) in [5.41, 5.74) is 5.99. The number of ether oxygens (including phenoxy) is 1. The second-order valence-corrected chi connectivity index (χ2v) is 5.08. The van der Waals surface area contributed by atoms with Crippen molar-refractivity contribution in [2.45, 2.75) is 19.1 Å². The van der Waals surface area contributed by atoms with Crippen LogP contribution in [0.5, 0.6) is 0 Å². The molecule has 0 aromatic heterocycles. The van der Waals surface area contributed by atoms with E-state index in [2.05, 4.69) is 5.32 Å². The van der Waals surface area contributed by atoms with Gasteiger partial charge < -0.3 is 20.7 Å². The first kappa shape index (κ1) is 18.9. The van der Waals surface area contributed by atoms with Crippen LogP contribution >= 0.6 is 12.4 Å². The number of hydrogen-bond donors (Lipinski definition) is 2. The number of nitrogens with one attached hydrogen (secondary N) is 1. The second kappa shape index (κ2) is 9.12. The number of halogens is 1. The van der Waals surface area contributed by atoms with E-state index in [0.717, 1.165) is 5.56 Å². The second-order valence-electron chi connectivity index (χ2n) is 5.08. The number of carbonyl (C=O) groups is 3. The quantitative estimate of drug-likeness (QED) is 0.699. The predicted octanol–water partition coefficient (Wildman–Crippen LogP) is -0.173. The van der Waals surface area contributed by atoms with Gasteiger partial charge in [-0.3, -0.25) is 14.4 Å². The van der Waals surface area contributed by atoms with Crippen molar-refractivity contribution in [1.29, 1.82) is 0 Å². The number of rotatable bonds is 6. The molecule has 0 saturated carbocycles. The highest BCUT2D eigenvalue weighted by Gasteiger charge is 2.30. The largest absolute Gasteiger partial charge is 0.459 e. The molecule has 2 rings (SSSR count). The molecule has 23 heavy (non-hydrogen) atoms. The van der Waals surface area contributed by atoms with Gasteiger partial charge >= 0.3 is 5.97 Å². The Morgan fingerprint density at radius 1 is 1.30 bits per heavy atom. The molecule has 1 saturated heterocycles. The number of nitrogens with two attached hydrogens (primary N) is 1. The van der Waals surface area contributed by atoms with Crippen molar-refractivity contribution < 1.29 is 19.1 Å². The molecule has 1 fully saturated rings. The molecule has 1 aromatic carbocycles. The highest BCUT2D eigenvalue weighted by Crippen LogP contribution is 2.06. The van der Waals surface area contributed by atoms with Crippen molar-refractivity contribution in [3.8, 4) is 0 Å². The summed E-state index contributed by atoms with van der Waals surface area (Å²) in [6.45, 7) is 0.956. The maximum atomic E-state index is 12.1. The lowest BCUT2D eigenvalue weighted by atomic mass is 10.1. The summed E-state index contributed by atoms with van der Waals surface area (Å²) in [5.74, 6) is -1.34. The van der Waals surface area contributed by atoms with Crippen molar-refractivity contribution >= 4 is 30.2 Å². The van der Waals surface area contributed by atoms with Gasteiger partial charge in [-0.05, 0) is 5.56 Å². The van der Waals surface area contributed by atoms with Gasteiger partial charge in [-0.15, -0.1) is 12.4 Å². The number of benzene rings is 1. The zero-order valence-corrected chi connectivity index (χ0v) is 13.4. The number of hydrogen-bond acceptors (Lipinski definition) is 5. The highest BCUT2D eigenvalue weighted by atomic mass is 35.5. The first-order valence-corrected chi connectivity index (χ1v) is 7.06. The molecule has 3 N–H and O–H groups in total. The molecule has 2 amide bonds. The van der Waals surface area contributed by atoms with E-state index < -0.39 is 17.9 Å². The first-order chi connectivity index (χ1) is 10.6. The Kier molecular flexibility index (Phi) is 7.50. The third-order valence-corrected chi connectivity index (χ3v) is 3.35. The Bertz CT molecular complexity index is 553. The SMILES string of the molecule is Cl.NC(=O)C[C@@H]1NCCN(CC(=O)OCc2ccccc2)C1=O. The van der Waals surface area contributed by atoms with E-state index in [1.54, 1.807) is 0 Å². The van der Waals surface area contributed by atoms with Crippen molar-refractivity contribution in [2.24, 2.45) is 5.73 Å². The number of nitrogens with zero attached hydrogens (tertiary/aromatic N) is 1. The van der Waals surface area contributed by atoms with E-state index >= 15 is 0 Å². The Morgan fingerprint density at radius 2 is 2.00 bits per heavy atom. The fourth-order valence-electron chi connectivity index (χ4n) is 2.25. The summed E-state index contributed by atoms with van der Waals surface area (Å²) in [7, 11) is 0. The normalized spacial score (nSPS) is 17.3. The molecule has 0 unspecified atom stereocenters. The minimum Gasteiger partial charge on any atom is -0.459 e. The van der Waals surface area contributed by atoms with Crippen LogP contribution in [0.3, 0.4) is 0 Å². The van der Waals surface area contributed by atoms with Crippen molar-refractivity contribution in [1.82, 2.24) is 10.2 Å². The molecule has 0 aliphatic carbocycles. The first-order valence-electron chi connectivity index (χ1n) is 7.06. The Balaban J connectivity index is 0.00000264. The van der Waals surface area contributed by atoms with Crippen LogP contribution in [-0.4, -0.2) is 48.4 Å². The minimum absolute atomic E-state index is 0. The van der Waals surface area contributed by atoms with Gasteiger partial charge in [0.1, 0.15) is 13.2 Å². The van der Waals surface area contributed by atoms with Crippen LogP contribution in [-0.2, 0) is 25.7 Å². The maximum Gasteiger partial charge on any atom is 0.325 e. The van der Waals surface area contributed by atoms with E-state index in [1.165, 1.54) is 4.90 Å². The lowest BCUT2D eigenvalue weighted by Gasteiger charge is -2.31. The fraction of sp³-hybridized carbons (Fsp3) is 0.400. The maximum absolute atomic E-state index is 12.1. The van der Waals surface area contributed by atoms with Crippen LogP contribution < -0.4 is 11.1 Å². The lowest BCUT2D eigenvalue weighted by Crippen LogP contribution is -2.57. The highest BCUT2D eigenvalue weighted by molar-refractivity contribution is 5.90. The average Bonchev–Trinajstić information content (AvgIpc) is 2.50. The van der Waals surface area contributed by atoms with E-state index in [9.17, 15) is 14.4 Å². The fourth-order valence-corrected chi connectivity index (χ4v) is 2.25. The molecule has 1 aromatic rings. The van der Waals surface area contributed by atoms with Crippen LogP contribution in [0.4, 0.5) is 0 Å². The van der Waals surface area contributed by atoms with Crippen LogP contribution in [0.1, 0.15) is 12.0 Å². The summed E-state index contributed by atoms with van der Waals surface area (Å²) in [4.78, 5) is 36.3. The number of esters is 1. The van der Waals surface area contributed by atoms with Crippen LogP contribution in [0.15, 0.2) is 30.3 Å². The molecular weight excluding hydrogens is 322 g/mol. The van der Waals surface area contributed by atoms with Crippen LogP contribution in [0.25, 0.3) is 0 Å². The molecule has 0 spiro atoms. The third kappa shape index (κ3) is 5.88. The number of primary amides is 1. The number of amides is 2. The average molecular weight is 342 g/mol. The summed E-state index contributed by atoms with van der Waals surface area (Å²) in [6.07, 6.45) is -0.0750. The molecule has 0 bridgehead atoms. The topological polar surface area (TPSA) is 102 Å². The summed E-state index contributed by atoms with van der Waals surface area (Å²) in [5, 5.41) is 2.92. The van der Waals surface area contributed by atoms with Gasteiger partial charge in [-0.25, -0.2) is 0 Å². The molecule has 1 heterocycles. The minimum atomic E-state index is -0.659. The Morgan fingerprint density at radius 3 is 2.65 bits per heavy atom. The van der Waals surface area contributed by atoms with Gasteiger partial charge in [0.15, 0.2) is 0 Å². The van der Waals surface area contributed by atoms with E-state index in [-0.39, 0.29) is 37.9 Å². The van der Waals surface area contributed by atoms with Crippen molar-refractivity contribution in [3.05, 3.63) is 35.9 Å². The van der Waals surface area contributed by atoms with Crippen LogP contribution in [0.2, 0.25) is 0 Å². The molecule has 8 heteroatoms. The van der Waals surface area contributed by atoms with Gasteiger partial charge in [0.05, 0.1) is 12.5 Å². The number of piperazine rings is 1. The van der Waals surface area contributed by atoms with Gasteiger partial charge in [0.25, 0.3) is 0 Å². The van der Waals surface area contributed by atoms with Crippen molar-refractivity contribution in [2.75, 3.05) is 19.6 Å². The van der Waals surface area contributed by atoms with Gasteiger partial charge in [-0.1, -0.05) is 30.3 Å². The lowest BCUT2D eigenvalue weighted by molar-refractivity contribution is -0.152. The molecule has 1 aliphatic heterocycles. The summed E-state index contributed by atoms with van der Waals surface area (Å²) in [6, 6.07) is 8.64. The number of carbonyl (C=O) groups excluding carboxylic acids is 3. The zero-order valence-electron chi connectivity index (χ0n) is 12.6. The molecule has 1 aliphatic rings. The smallest absolute Gasteiger partial charge is 0.325 e. The van der Waals surface area contributed by atoms with Crippen molar-refractivity contribution in [3.63, 3.8) is 0 Å². The molecule has 7 nitrogen and oxygen atoms in total. The molecular formula is C15H20ClN3O4. The Labute approximate surface area is 140 Å². The van der Waals surface area contributed by atoms with E-state index in [0.29, 0.717) is 13.1 Å². The molecule has 1 atom stereocenters. The molecule has 126 valence electrons. The van der Waals surface area contributed by atoms with E-state index in [1.807, 2.05) is 30.3 Å². The van der Waals surface area contributed by atoms with Gasteiger partial charge in [0.2, 0.25) is 11.8 Å². The molecule has 0 radical (unpaired) electrons. The summed E-state index contributed by atoms with van der Waals surface area (Å²) >= 11 is 0. The third-order valence-electron chi connectivity index (χ3n) is 3.35. The van der Waals surface area contributed by atoms with Gasteiger partial charge in [0, 0.05) is 13.1 Å². The standard InChI is InChI=1S/C15H19N3O4.ClH/c16-13(19)8-12-15(21)18(7-6-17-12)9-14(20)22-10-11-4-2-1-3-5-11;/h1-5,12,17H,6-10H2,(H2,16,19);1H/t12-;/m0./s1. The predicted molar refractivity (Wildman–Crippen MR) is 85.7 cm³/mol.